The fraction of sp³-hybridized carbons (Fsp3) is 0.0714. The Balaban J connectivity index is 2.17. The zero-order valence-corrected chi connectivity index (χ0v) is 14.9. The van der Waals surface area contributed by atoms with Crippen LogP contribution in [0.1, 0.15) is 15.9 Å². The number of hydrogen-bond donors (Lipinski definition) is 2. The summed E-state index contributed by atoms with van der Waals surface area (Å²) < 4.78 is 2.82. The number of carbonyl (C=O) groups is 1. The van der Waals surface area contributed by atoms with Crippen LogP contribution >= 0.6 is 47.8 Å². The van der Waals surface area contributed by atoms with Crippen LogP contribution in [-0.4, -0.2) is 11.1 Å². The van der Waals surface area contributed by atoms with E-state index < -0.39 is 5.97 Å². The van der Waals surface area contributed by atoms with Crippen LogP contribution in [-0.2, 0) is 6.54 Å². The van der Waals surface area contributed by atoms with Gasteiger partial charge in [0, 0.05) is 20.0 Å². The van der Waals surface area contributed by atoms with Gasteiger partial charge in [0.15, 0.2) is 0 Å². The van der Waals surface area contributed by atoms with Crippen molar-refractivity contribution in [3.63, 3.8) is 0 Å². The summed E-state index contributed by atoms with van der Waals surface area (Å²) in [6.07, 6.45) is 0. The fourth-order valence-electron chi connectivity index (χ4n) is 1.72. The van der Waals surface area contributed by atoms with Crippen molar-refractivity contribution in [2.24, 2.45) is 0 Å². The average Bonchev–Trinajstić information content (AvgIpc) is 2.37. The van der Waals surface area contributed by atoms with Crippen molar-refractivity contribution in [2.75, 3.05) is 5.32 Å². The van der Waals surface area contributed by atoms with Gasteiger partial charge in [0.1, 0.15) is 0 Å². The van der Waals surface area contributed by atoms with Crippen molar-refractivity contribution in [3.8, 4) is 0 Å². The van der Waals surface area contributed by atoms with Crippen LogP contribution < -0.4 is 5.32 Å². The number of hydrogen-bond acceptors (Lipinski definition) is 2. The zero-order chi connectivity index (χ0) is 14.7. The van der Waals surface area contributed by atoms with E-state index in [0.717, 1.165) is 24.7 Å². The van der Waals surface area contributed by atoms with E-state index in [1.807, 2.05) is 18.2 Å². The molecule has 0 saturated heterocycles. The Hall–Kier alpha value is -0.850. The van der Waals surface area contributed by atoms with E-state index in [1.165, 1.54) is 0 Å². The van der Waals surface area contributed by atoms with Crippen molar-refractivity contribution in [2.45, 2.75) is 6.54 Å². The first-order valence-electron chi connectivity index (χ1n) is 5.68. The quantitative estimate of drug-likeness (QED) is 0.648. The van der Waals surface area contributed by atoms with Gasteiger partial charge in [-0.2, -0.15) is 0 Å². The number of nitrogens with one attached hydrogen (secondary N) is 1. The second kappa shape index (κ2) is 6.74. The van der Waals surface area contributed by atoms with Gasteiger partial charge in [-0.15, -0.1) is 0 Å². The van der Waals surface area contributed by atoms with E-state index in [1.54, 1.807) is 18.2 Å². The minimum atomic E-state index is -0.919. The maximum atomic E-state index is 10.9. The number of carboxylic acids is 1. The molecule has 6 heteroatoms. The van der Waals surface area contributed by atoms with Gasteiger partial charge in [-0.1, -0.05) is 28.1 Å². The predicted octanol–water partition coefficient (Wildman–Crippen LogP) is 5.28. The molecule has 0 aliphatic carbocycles. The van der Waals surface area contributed by atoms with Gasteiger partial charge in [0.2, 0.25) is 0 Å². The highest BCUT2D eigenvalue weighted by Crippen LogP contribution is 2.34. The Morgan fingerprint density at radius 2 is 1.75 bits per heavy atom. The third-order valence-electron chi connectivity index (χ3n) is 2.65. The van der Waals surface area contributed by atoms with Crippen LogP contribution in [0, 0.1) is 0 Å². The Labute approximate surface area is 141 Å². The predicted molar refractivity (Wildman–Crippen MR) is 90.3 cm³/mol. The van der Waals surface area contributed by atoms with E-state index in [2.05, 4.69) is 53.1 Å². The summed E-state index contributed by atoms with van der Waals surface area (Å²) in [5, 5.41) is 12.3. The van der Waals surface area contributed by atoms with Crippen molar-refractivity contribution < 1.29 is 9.90 Å². The number of aromatic carboxylic acids is 1. The van der Waals surface area contributed by atoms with Crippen LogP contribution in [0.3, 0.4) is 0 Å². The monoisotopic (exact) mass is 461 g/mol. The molecule has 0 radical (unpaired) electrons. The lowest BCUT2D eigenvalue weighted by atomic mass is 10.1. The van der Waals surface area contributed by atoms with Crippen LogP contribution in [0.2, 0.25) is 0 Å². The molecule has 0 heterocycles. The van der Waals surface area contributed by atoms with Gasteiger partial charge in [-0.3, -0.25) is 0 Å². The van der Waals surface area contributed by atoms with E-state index in [4.69, 9.17) is 5.11 Å². The molecule has 3 nitrogen and oxygen atoms in total. The lowest BCUT2D eigenvalue weighted by molar-refractivity contribution is 0.0697. The van der Waals surface area contributed by atoms with Crippen molar-refractivity contribution in [3.05, 3.63) is 60.9 Å². The maximum Gasteiger partial charge on any atom is 0.335 e. The largest absolute Gasteiger partial charge is 0.478 e. The summed E-state index contributed by atoms with van der Waals surface area (Å²) in [7, 11) is 0. The molecule has 2 N–H and O–H groups in total. The highest BCUT2D eigenvalue weighted by atomic mass is 79.9. The van der Waals surface area contributed by atoms with E-state index >= 15 is 0 Å². The summed E-state index contributed by atoms with van der Waals surface area (Å²) in [4.78, 5) is 10.9. The fourth-order valence-corrected chi connectivity index (χ4v) is 4.25. The summed E-state index contributed by atoms with van der Waals surface area (Å²) in [5.41, 5.74) is 2.12. The molecule has 0 saturated carbocycles. The minimum Gasteiger partial charge on any atom is -0.478 e. The molecule has 0 atom stereocenters. The lowest BCUT2D eigenvalue weighted by Gasteiger charge is -2.12. The normalized spacial score (nSPS) is 10.3. The van der Waals surface area contributed by atoms with Crippen LogP contribution in [0.5, 0.6) is 0 Å². The number of carboxylic acid groups (broad SMARTS) is 1. The number of benzene rings is 2. The molecule has 0 amide bonds. The first kappa shape index (κ1) is 15.5. The Morgan fingerprint density at radius 1 is 1.10 bits per heavy atom. The summed E-state index contributed by atoms with van der Waals surface area (Å²) in [6, 6.07) is 10.8. The molecule has 2 aromatic carbocycles. The number of anilines is 1. The average molecular weight is 464 g/mol. The van der Waals surface area contributed by atoms with Crippen LogP contribution in [0.4, 0.5) is 5.69 Å². The third kappa shape index (κ3) is 3.84. The van der Waals surface area contributed by atoms with Crippen LogP contribution in [0.25, 0.3) is 0 Å². The third-order valence-corrected chi connectivity index (χ3v) is 4.36. The van der Waals surface area contributed by atoms with Gasteiger partial charge in [-0.05, 0) is 61.7 Å². The second-order valence-electron chi connectivity index (χ2n) is 4.10. The Morgan fingerprint density at radius 3 is 2.35 bits per heavy atom. The number of halogens is 3. The van der Waals surface area contributed by atoms with E-state index in [-0.39, 0.29) is 0 Å². The highest BCUT2D eigenvalue weighted by molar-refractivity contribution is 9.11. The van der Waals surface area contributed by atoms with E-state index in [0.29, 0.717) is 12.1 Å². The van der Waals surface area contributed by atoms with Gasteiger partial charge in [0.05, 0.1) is 11.3 Å². The molecule has 2 aromatic rings. The molecule has 0 aliphatic rings. The molecule has 0 unspecified atom stereocenters. The molecule has 2 rings (SSSR count). The molecule has 20 heavy (non-hydrogen) atoms. The van der Waals surface area contributed by atoms with Gasteiger partial charge >= 0.3 is 5.97 Å². The zero-order valence-electron chi connectivity index (χ0n) is 10.2. The van der Waals surface area contributed by atoms with Crippen molar-refractivity contribution in [1.82, 2.24) is 0 Å². The van der Waals surface area contributed by atoms with E-state index in [9.17, 15) is 4.79 Å². The molecule has 0 aromatic heterocycles. The van der Waals surface area contributed by atoms with Gasteiger partial charge in [-0.25, -0.2) is 4.79 Å². The SMILES string of the molecule is O=C(O)c1cccc(CNc2c(Br)cc(Br)cc2Br)c1. The molecular formula is C14H10Br3NO2. The van der Waals surface area contributed by atoms with Gasteiger partial charge < -0.3 is 10.4 Å². The maximum absolute atomic E-state index is 10.9. The van der Waals surface area contributed by atoms with Crippen molar-refractivity contribution >= 4 is 59.4 Å². The Kier molecular flexibility index (Phi) is 5.23. The molecular weight excluding hydrogens is 454 g/mol. The lowest BCUT2D eigenvalue weighted by Crippen LogP contribution is -2.03. The minimum absolute atomic E-state index is 0.290. The highest BCUT2D eigenvalue weighted by Gasteiger charge is 2.07. The van der Waals surface area contributed by atoms with Gasteiger partial charge in [0.25, 0.3) is 0 Å². The standard InChI is InChI=1S/C14H10Br3NO2/c15-10-5-11(16)13(12(17)6-10)18-7-8-2-1-3-9(4-8)14(19)20/h1-6,18H,7H2,(H,19,20). The summed E-state index contributed by atoms with van der Waals surface area (Å²) in [5.74, 6) is -0.919. The first-order chi connectivity index (χ1) is 9.47. The second-order valence-corrected chi connectivity index (χ2v) is 6.73. The summed E-state index contributed by atoms with van der Waals surface area (Å²) in [6.45, 7) is 0.542. The Bertz CT molecular complexity index is 636. The van der Waals surface area contributed by atoms with Crippen molar-refractivity contribution in [1.29, 1.82) is 0 Å². The topological polar surface area (TPSA) is 49.3 Å². The smallest absolute Gasteiger partial charge is 0.335 e. The molecule has 104 valence electrons. The number of rotatable bonds is 4. The molecule has 0 aliphatic heterocycles. The first-order valence-corrected chi connectivity index (χ1v) is 8.06. The van der Waals surface area contributed by atoms with Crippen LogP contribution in [0.15, 0.2) is 49.8 Å². The summed E-state index contributed by atoms with van der Waals surface area (Å²) >= 11 is 10.4. The molecule has 0 bridgehead atoms. The molecule has 0 spiro atoms. The molecule has 0 fully saturated rings.